The van der Waals surface area contributed by atoms with Crippen molar-refractivity contribution in [2.75, 3.05) is 23.9 Å². The number of nitrogens with one attached hydrogen (secondary N) is 1. The fraction of sp³-hybridized carbons (Fsp3) is 0.235. The molecule has 146 valence electrons. The molecule has 0 fully saturated rings. The second-order valence-corrected chi connectivity index (χ2v) is 5.54. The average molecular weight is 390 g/mol. The average Bonchev–Trinajstić information content (AvgIpc) is 2.60. The Bertz CT molecular complexity index is 814. The summed E-state index contributed by atoms with van der Waals surface area (Å²) >= 11 is 0. The van der Waals surface area contributed by atoms with Gasteiger partial charge in [-0.2, -0.15) is 26.3 Å². The molecule has 10 heteroatoms. The molecule has 2 aromatic carbocycles. The summed E-state index contributed by atoms with van der Waals surface area (Å²) in [5.41, 5.74) is 4.46. The van der Waals surface area contributed by atoms with Crippen LogP contribution < -0.4 is 16.0 Å². The summed E-state index contributed by atoms with van der Waals surface area (Å²) in [7, 11) is 1.43. The Balaban J connectivity index is 2.06. The van der Waals surface area contributed by atoms with Gasteiger partial charge in [-0.15, -0.1) is 0 Å². The van der Waals surface area contributed by atoms with Crippen LogP contribution in [-0.2, 0) is 12.4 Å². The summed E-state index contributed by atoms with van der Waals surface area (Å²) in [6.07, 6.45) is -8.96. The maximum Gasteiger partial charge on any atom is 0.416 e. The van der Waals surface area contributed by atoms with Gasteiger partial charge in [0.1, 0.15) is 6.67 Å². The first kappa shape index (κ1) is 20.4. The minimum Gasteiger partial charge on any atom is -0.369 e. The molecular formula is C17H16F6N4. The lowest BCUT2D eigenvalue weighted by Crippen LogP contribution is -2.34. The third-order valence-corrected chi connectivity index (χ3v) is 3.62. The van der Waals surface area contributed by atoms with Crippen LogP contribution in [0, 0.1) is 0 Å². The number of rotatable bonds is 4. The first-order chi connectivity index (χ1) is 12.5. The van der Waals surface area contributed by atoms with E-state index in [2.05, 4.69) is 10.3 Å². The molecule has 0 bridgehead atoms. The fourth-order valence-corrected chi connectivity index (χ4v) is 2.15. The van der Waals surface area contributed by atoms with Crippen molar-refractivity contribution in [3.05, 3.63) is 59.7 Å². The lowest BCUT2D eigenvalue weighted by molar-refractivity contribution is -0.138. The second-order valence-electron chi connectivity index (χ2n) is 5.54. The van der Waals surface area contributed by atoms with E-state index in [-0.39, 0.29) is 24.0 Å². The van der Waals surface area contributed by atoms with Gasteiger partial charge in [-0.3, -0.25) is 0 Å². The van der Waals surface area contributed by atoms with Crippen LogP contribution in [0.4, 0.5) is 37.7 Å². The van der Waals surface area contributed by atoms with Gasteiger partial charge in [0.05, 0.1) is 11.1 Å². The SMILES string of the molecule is CN(C(N)=NCNc1cccc(C(F)(F)F)c1)c1cccc(C(F)(F)F)c1. The number of nitrogens with two attached hydrogens (primary N) is 1. The molecule has 0 amide bonds. The highest BCUT2D eigenvalue weighted by Crippen LogP contribution is 2.32. The predicted octanol–water partition coefficient (Wildman–Crippen LogP) is 4.54. The van der Waals surface area contributed by atoms with Crippen molar-refractivity contribution >= 4 is 17.3 Å². The molecule has 4 nitrogen and oxygen atoms in total. The minimum absolute atomic E-state index is 0.103. The Labute approximate surface area is 151 Å². The standard InChI is InChI=1S/C17H16F6N4/c1-27(14-7-3-5-12(9-14)17(21,22)23)15(24)26-10-25-13-6-2-4-11(8-13)16(18,19)20/h2-9,25H,10H2,1H3,(H2,24,26). The number of alkyl halides is 6. The van der Waals surface area contributed by atoms with E-state index in [0.29, 0.717) is 0 Å². The van der Waals surface area contributed by atoms with Crippen LogP contribution in [0.3, 0.4) is 0 Å². The van der Waals surface area contributed by atoms with Gasteiger partial charge in [-0.05, 0) is 36.4 Å². The molecule has 0 aliphatic rings. The van der Waals surface area contributed by atoms with Crippen LogP contribution in [-0.4, -0.2) is 19.7 Å². The Morgan fingerprint density at radius 1 is 0.963 bits per heavy atom. The van der Waals surface area contributed by atoms with Crippen molar-refractivity contribution in [3.8, 4) is 0 Å². The van der Waals surface area contributed by atoms with Crippen molar-refractivity contribution in [2.24, 2.45) is 10.7 Å². The summed E-state index contributed by atoms with van der Waals surface area (Å²) in [5.74, 6) is -0.103. The normalized spacial score (nSPS) is 12.8. The zero-order valence-electron chi connectivity index (χ0n) is 14.1. The summed E-state index contributed by atoms with van der Waals surface area (Å²) in [6.45, 7) is -0.156. The number of benzene rings is 2. The topological polar surface area (TPSA) is 53.6 Å². The molecule has 2 rings (SSSR count). The molecule has 3 N–H and O–H groups in total. The number of halogens is 6. The van der Waals surface area contributed by atoms with E-state index in [1.807, 2.05) is 0 Å². The lowest BCUT2D eigenvalue weighted by Gasteiger charge is -2.19. The van der Waals surface area contributed by atoms with Gasteiger partial charge in [-0.25, -0.2) is 4.99 Å². The van der Waals surface area contributed by atoms with Crippen LogP contribution in [0.2, 0.25) is 0 Å². The Morgan fingerprint density at radius 2 is 1.52 bits per heavy atom. The third-order valence-electron chi connectivity index (χ3n) is 3.62. The van der Waals surface area contributed by atoms with Crippen LogP contribution in [0.15, 0.2) is 53.5 Å². The van der Waals surface area contributed by atoms with Crippen molar-refractivity contribution in [1.29, 1.82) is 0 Å². The zero-order chi connectivity index (χ0) is 20.2. The Hall–Kier alpha value is -2.91. The molecule has 0 unspecified atom stereocenters. The number of nitrogens with zero attached hydrogens (tertiary/aromatic N) is 2. The third kappa shape index (κ3) is 5.53. The largest absolute Gasteiger partial charge is 0.416 e. The highest BCUT2D eigenvalue weighted by molar-refractivity contribution is 5.94. The van der Waals surface area contributed by atoms with E-state index in [9.17, 15) is 26.3 Å². The van der Waals surface area contributed by atoms with Gasteiger partial charge in [-0.1, -0.05) is 12.1 Å². The van der Waals surface area contributed by atoms with Crippen LogP contribution >= 0.6 is 0 Å². The molecule has 0 radical (unpaired) electrons. The summed E-state index contributed by atoms with van der Waals surface area (Å²) in [6, 6.07) is 9.04. The minimum atomic E-state index is -4.49. The number of hydrogen-bond acceptors (Lipinski definition) is 2. The quantitative estimate of drug-likeness (QED) is 0.458. The zero-order valence-corrected chi connectivity index (χ0v) is 14.1. The summed E-state index contributed by atoms with van der Waals surface area (Å²) in [4.78, 5) is 5.17. The van der Waals surface area contributed by atoms with Crippen LogP contribution in [0.5, 0.6) is 0 Å². The van der Waals surface area contributed by atoms with Gasteiger partial charge in [0.25, 0.3) is 0 Å². The summed E-state index contributed by atoms with van der Waals surface area (Å²) in [5, 5.41) is 2.66. The number of hydrogen-bond donors (Lipinski definition) is 2. The molecule has 0 heterocycles. The van der Waals surface area contributed by atoms with Gasteiger partial charge >= 0.3 is 12.4 Å². The van der Waals surface area contributed by atoms with Gasteiger partial charge < -0.3 is 16.0 Å². The van der Waals surface area contributed by atoms with E-state index in [4.69, 9.17) is 5.73 Å². The van der Waals surface area contributed by atoms with Gasteiger partial charge in [0.15, 0.2) is 5.96 Å². The van der Waals surface area contributed by atoms with Crippen molar-refractivity contribution < 1.29 is 26.3 Å². The molecular weight excluding hydrogens is 374 g/mol. The first-order valence-electron chi connectivity index (χ1n) is 7.60. The van der Waals surface area contributed by atoms with E-state index in [1.54, 1.807) is 0 Å². The Morgan fingerprint density at radius 3 is 2.11 bits per heavy atom. The number of anilines is 2. The highest BCUT2D eigenvalue weighted by Gasteiger charge is 2.31. The van der Waals surface area contributed by atoms with Crippen LogP contribution in [0.1, 0.15) is 11.1 Å². The molecule has 0 aliphatic carbocycles. The predicted molar refractivity (Wildman–Crippen MR) is 91.4 cm³/mol. The number of aliphatic imine (C=N–C) groups is 1. The van der Waals surface area contributed by atoms with E-state index in [1.165, 1.54) is 36.2 Å². The number of guanidine groups is 1. The monoisotopic (exact) mass is 390 g/mol. The highest BCUT2D eigenvalue weighted by atomic mass is 19.4. The first-order valence-corrected chi connectivity index (χ1v) is 7.60. The molecule has 0 aliphatic heterocycles. The smallest absolute Gasteiger partial charge is 0.369 e. The molecule has 27 heavy (non-hydrogen) atoms. The molecule has 0 saturated carbocycles. The van der Waals surface area contributed by atoms with Crippen LogP contribution in [0.25, 0.3) is 0 Å². The molecule has 0 aromatic heterocycles. The Kier molecular flexibility index (Phi) is 5.87. The fourth-order valence-electron chi connectivity index (χ4n) is 2.15. The second kappa shape index (κ2) is 7.77. The van der Waals surface area contributed by atoms with Crippen molar-refractivity contribution in [3.63, 3.8) is 0 Å². The van der Waals surface area contributed by atoms with Crippen molar-refractivity contribution in [1.82, 2.24) is 0 Å². The molecule has 0 atom stereocenters. The van der Waals surface area contributed by atoms with E-state index in [0.717, 1.165) is 24.3 Å². The maximum atomic E-state index is 12.8. The molecule has 2 aromatic rings. The molecule has 0 saturated heterocycles. The van der Waals surface area contributed by atoms with Crippen molar-refractivity contribution in [2.45, 2.75) is 12.4 Å². The maximum absolute atomic E-state index is 12.8. The van der Waals surface area contributed by atoms with Gasteiger partial charge in [0.2, 0.25) is 0 Å². The summed E-state index contributed by atoms with van der Waals surface area (Å²) < 4.78 is 76.3. The van der Waals surface area contributed by atoms with E-state index < -0.39 is 23.5 Å². The van der Waals surface area contributed by atoms with Gasteiger partial charge in [0, 0.05) is 18.4 Å². The molecule has 0 spiro atoms. The van der Waals surface area contributed by atoms with E-state index >= 15 is 0 Å². The lowest BCUT2D eigenvalue weighted by atomic mass is 10.2.